The van der Waals surface area contributed by atoms with Crippen molar-refractivity contribution in [2.45, 2.75) is 6.42 Å². The molecule has 0 spiro atoms. The molecule has 4 nitrogen and oxygen atoms in total. The molecule has 0 aliphatic heterocycles. The van der Waals surface area contributed by atoms with Crippen molar-refractivity contribution in [1.82, 2.24) is 0 Å². The molecule has 1 atom stereocenters. The van der Waals surface area contributed by atoms with Gasteiger partial charge in [-0.2, -0.15) is 5.26 Å². The van der Waals surface area contributed by atoms with Gasteiger partial charge in [-0.05, 0) is 4.57 Å². The normalized spacial score (nSPS) is 10.2. The molecule has 0 aliphatic carbocycles. The minimum Gasteiger partial charge on any atom is -0.566 e. The summed E-state index contributed by atoms with van der Waals surface area (Å²) < 4.78 is 13.6. The van der Waals surface area contributed by atoms with E-state index in [-0.39, 0.29) is 13.0 Å². The van der Waals surface area contributed by atoms with Crippen molar-refractivity contribution in [2.75, 3.05) is 6.61 Å². The van der Waals surface area contributed by atoms with Gasteiger partial charge in [0.1, 0.15) is 6.61 Å². The Bertz CT molecular complexity index is 118. The lowest BCUT2D eigenvalue weighted by atomic mass is 10.5. The highest BCUT2D eigenvalue weighted by Crippen LogP contribution is 2.07. The van der Waals surface area contributed by atoms with E-state index in [1.807, 2.05) is 0 Å². The van der Waals surface area contributed by atoms with E-state index >= 15 is 0 Å². The summed E-state index contributed by atoms with van der Waals surface area (Å²) in [4.78, 5) is 9.58. The van der Waals surface area contributed by atoms with Crippen LogP contribution in [0.25, 0.3) is 0 Å². The van der Waals surface area contributed by atoms with E-state index in [4.69, 9.17) is 5.26 Å². The zero-order chi connectivity index (χ0) is 6.41. The lowest BCUT2D eigenvalue weighted by molar-refractivity contribution is -0.185. The van der Waals surface area contributed by atoms with Gasteiger partial charge in [0, 0.05) is 0 Å². The molecule has 0 amide bonds. The Morgan fingerprint density at radius 1 is 1.88 bits per heavy atom. The molecule has 0 heterocycles. The van der Waals surface area contributed by atoms with Crippen LogP contribution in [-0.4, -0.2) is 6.61 Å². The van der Waals surface area contributed by atoms with Gasteiger partial charge >= 0.3 is 8.25 Å². The third kappa shape index (κ3) is 5.51. The van der Waals surface area contributed by atoms with Gasteiger partial charge in [0.05, 0.1) is 12.5 Å². The molecule has 8 heavy (non-hydrogen) atoms. The van der Waals surface area contributed by atoms with Crippen LogP contribution in [0.1, 0.15) is 6.42 Å². The van der Waals surface area contributed by atoms with Crippen molar-refractivity contribution in [3.05, 3.63) is 0 Å². The summed E-state index contributed by atoms with van der Waals surface area (Å²) in [5.74, 6) is 0. The van der Waals surface area contributed by atoms with Crippen molar-refractivity contribution in [2.24, 2.45) is 0 Å². The molecule has 0 radical (unpaired) electrons. The number of nitriles is 1. The molecule has 1 unspecified atom stereocenters. The van der Waals surface area contributed by atoms with Gasteiger partial charge in [-0.3, -0.25) is 0 Å². The zero-order valence-electron chi connectivity index (χ0n) is 4.03. The third-order valence-electron chi connectivity index (χ3n) is 0.411. The Morgan fingerprint density at radius 2 is 2.50 bits per heavy atom. The molecule has 0 N–H and O–H groups in total. The molecular weight excluding hydrogens is 129 g/mol. The van der Waals surface area contributed by atoms with E-state index in [0.717, 1.165) is 0 Å². The first-order valence-corrected chi connectivity index (χ1v) is 3.01. The fourth-order valence-corrected chi connectivity index (χ4v) is 0.406. The number of hydrogen-bond donors (Lipinski definition) is 0. The Balaban J connectivity index is 2.97. The highest BCUT2D eigenvalue weighted by molar-refractivity contribution is 7.30. The summed E-state index contributed by atoms with van der Waals surface area (Å²) in [6, 6.07) is 1.73. The standard InChI is InChI=1S/C3H4NO3P/c4-2-1-3-7-8(5)6/h1,3H2. The first-order valence-electron chi connectivity index (χ1n) is 1.91. The summed E-state index contributed by atoms with van der Waals surface area (Å²) in [5, 5.41) is 7.85. The van der Waals surface area contributed by atoms with Crippen molar-refractivity contribution in [3.63, 3.8) is 0 Å². The maximum atomic E-state index is 9.58. The van der Waals surface area contributed by atoms with E-state index in [1.165, 1.54) is 0 Å². The maximum Gasteiger partial charge on any atom is 0.488 e. The molecule has 0 aliphatic rings. The van der Waals surface area contributed by atoms with Gasteiger partial charge in [0.2, 0.25) is 0 Å². The van der Waals surface area contributed by atoms with Gasteiger partial charge in [-0.25, -0.2) is 0 Å². The van der Waals surface area contributed by atoms with Crippen LogP contribution in [0, 0.1) is 11.3 Å². The Labute approximate surface area is 47.6 Å². The Hall–Kier alpha value is -0.490. The van der Waals surface area contributed by atoms with E-state index in [9.17, 15) is 9.46 Å². The minimum absolute atomic E-state index is 0.0325. The second kappa shape index (κ2) is 4.66. The molecular formula is C3H4NO3P. The number of rotatable bonds is 3. The molecule has 0 aromatic rings. The molecule has 5 heteroatoms. The van der Waals surface area contributed by atoms with Crippen LogP contribution in [0.5, 0.6) is 0 Å². The molecule has 0 rings (SSSR count). The summed E-state index contributed by atoms with van der Waals surface area (Å²) >= 11 is 0. The summed E-state index contributed by atoms with van der Waals surface area (Å²) in [6.45, 7) is -0.0325. The Morgan fingerprint density at radius 3 is 2.88 bits per heavy atom. The van der Waals surface area contributed by atoms with E-state index in [0.29, 0.717) is 0 Å². The van der Waals surface area contributed by atoms with Crippen LogP contribution >= 0.6 is 8.25 Å². The zero-order valence-corrected chi connectivity index (χ0v) is 4.93. The van der Waals surface area contributed by atoms with Crippen LogP contribution in [0.4, 0.5) is 0 Å². The average Bonchev–Trinajstić information content (AvgIpc) is 1.66. The smallest absolute Gasteiger partial charge is 0.488 e. The van der Waals surface area contributed by atoms with Gasteiger partial charge < -0.3 is 4.89 Å². The first kappa shape index (κ1) is 7.51. The molecule has 0 saturated carbocycles. The number of nitrogens with zero attached hydrogens (tertiary/aromatic N) is 1. The largest absolute Gasteiger partial charge is 0.566 e. The predicted molar refractivity (Wildman–Crippen MR) is 23.8 cm³/mol. The van der Waals surface area contributed by atoms with Gasteiger partial charge in [0.25, 0.3) is 0 Å². The molecule has 44 valence electrons. The average molecular weight is 133 g/mol. The summed E-state index contributed by atoms with van der Waals surface area (Å²) in [6.07, 6.45) is 0.114. The fraction of sp³-hybridized carbons (Fsp3) is 0.667. The van der Waals surface area contributed by atoms with Gasteiger partial charge in [0.15, 0.2) is 0 Å². The van der Waals surface area contributed by atoms with Crippen molar-refractivity contribution in [1.29, 1.82) is 5.26 Å². The SMILES string of the molecule is N#CCCO[P+](=O)[O-]. The highest BCUT2D eigenvalue weighted by atomic mass is 31.1. The second-order valence-corrected chi connectivity index (χ2v) is 1.67. The van der Waals surface area contributed by atoms with Crippen molar-refractivity contribution < 1.29 is 14.0 Å². The van der Waals surface area contributed by atoms with Gasteiger partial charge in [-0.15, -0.1) is 4.52 Å². The van der Waals surface area contributed by atoms with Crippen molar-refractivity contribution in [3.8, 4) is 6.07 Å². The second-order valence-electron chi connectivity index (χ2n) is 0.965. The predicted octanol–water partition coefficient (Wildman–Crippen LogP) is -0.0656. The molecule has 0 fully saturated rings. The molecule has 0 aromatic carbocycles. The third-order valence-corrected chi connectivity index (χ3v) is 0.804. The lowest BCUT2D eigenvalue weighted by Crippen LogP contribution is -1.92. The van der Waals surface area contributed by atoms with E-state index in [1.54, 1.807) is 6.07 Å². The van der Waals surface area contributed by atoms with Crippen molar-refractivity contribution >= 4 is 8.25 Å². The maximum absolute atomic E-state index is 9.58. The van der Waals surface area contributed by atoms with Crippen LogP contribution in [0.15, 0.2) is 0 Å². The molecule has 0 saturated heterocycles. The van der Waals surface area contributed by atoms with Crippen LogP contribution in [-0.2, 0) is 9.09 Å². The quantitative estimate of drug-likeness (QED) is 0.399. The highest BCUT2D eigenvalue weighted by Gasteiger charge is 1.97. The van der Waals surface area contributed by atoms with Crippen LogP contribution in [0.2, 0.25) is 0 Å². The van der Waals surface area contributed by atoms with Crippen LogP contribution < -0.4 is 4.89 Å². The topological polar surface area (TPSA) is 73.1 Å². The van der Waals surface area contributed by atoms with E-state index < -0.39 is 8.25 Å². The van der Waals surface area contributed by atoms with Crippen LogP contribution in [0.3, 0.4) is 0 Å². The monoisotopic (exact) mass is 133 g/mol. The summed E-state index contributed by atoms with van der Waals surface area (Å²) in [7, 11) is -2.76. The Kier molecular flexibility index (Phi) is 4.38. The van der Waals surface area contributed by atoms with E-state index in [2.05, 4.69) is 4.52 Å². The fourth-order valence-electron chi connectivity index (χ4n) is 0.166. The van der Waals surface area contributed by atoms with Gasteiger partial charge in [-0.1, -0.05) is 0 Å². The lowest BCUT2D eigenvalue weighted by Gasteiger charge is -1.82. The summed E-state index contributed by atoms with van der Waals surface area (Å²) in [5.41, 5.74) is 0. The molecule has 0 aromatic heterocycles. The molecule has 0 bridgehead atoms. The first-order chi connectivity index (χ1) is 3.77. The number of hydrogen-bond acceptors (Lipinski definition) is 4. The minimum atomic E-state index is -2.76.